The highest BCUT2D eigenvalue weighted by atomic mass is 16.5. The van der Waals surface area contributed by atoms with E-state index in [2.05, 4.69) is 138 Å². The van der Waals surface area contributed by atoms with Crippen LogP contribution in [0.15, 0.2) is 152 Å². The van der Waals surface area contributed by atoms with E-state index in [1.54, 1.807) is 0 Å². The first-order valence-corrected chi connectivity index (χ1v) is 13.5. The molecule has 0 N–H and O–H groups in total. The third-order valence-electron chi connectivity index (χ3n) is 7.40. The van der Waals surface area contributed by atoms with Gasteiger partial charge in [0.15, 0.2) is 0 Å². The number of benzene rings is 6. The molecule has 3 heteroatoms. The molecule has 0 bridgehead atoms. The Labute approximate surface area is 234 Å². The van der Waals surface area contributed by atoms with Gasteiger partial charge in [0.1, 0.15) is 11.5 Å². The maximum absolute atomic E-state index is 6.59. The van der Waals surface area contributed by atoms with Crippen molar-refractivity contribution in [2.45, 2.75) is 6.92 Å². The van der Waals surface area contributed by atoms with Crippen LogP contribution in [0.4, 0.5) is 17.1 Å². The van der Waals surface area contributed by atoms with Gasteiger partial charge in [-0.1, -0.05) is 91.0 Å². The fourth-order valence-electron chi connectivity index (χ4n) is 5.52. The maximum atomic E-state index is 6.59. The van der Waals surface area contributed by atoms with Crippen molar-refractivity contribution in [3.63, 3.8) is 0 Å². The first-order chi connectivity index (χ1) is 19.8. The number of aromatic nitrogens is 1. The van der Waals surface area contributed by atoms with Gasteiger partial charge in [0, 0.05) is 33.8 Å². The molecule has 0 aliphatic heterocycles. The topological polar surface area (TPSA) is 17.4 Å². The standard InChI is InChI=1S/C37H28N2O/c1-27-36(38(28-15-5-2-6-16-28)29-17-7-3-8-18-29)25-30(26-37(27)40-31-19-9-4-10-20-31)39-34-23-13-11-21-32(34)33-22-12-14-24-35(33)39/h2-26H,1H3. The molecular weight excluding hydrogens is 488 g/mol. The minimum Gasteiger partial charge on any atom is -0.457 e. The molecule has 0 saturated carbocycles. The van der Waals surface area contributed by atoms with Gasteiger partial charge in [0.25, 0.3) is 0 Å². The van der Waals surface area contributed by atoms with E-state index in [1.807, 2.05) is 30.3 Å². The third-order valence-corrected chi connectivity index (χ3v) is 7.40. The Morgan fingerprint density at radius 3 is 1.55 bits per heavy atom. The summed E-state index contributed by atoms with van der Waals surface area (Å²) in [6.07, 6.45) is 0. The fraction of sp³-hybridized carbons (Fsp3) is 0.0270. The molecule has 1 aromatic heterocycles. The van der Waals surface area contributed by atoms with Gasteiger partial charge in [-0.2, -0.15) is 0 Å². The molecule has 0 amide bonds. The van der Waals surface area contributed by atoms with Crippen molar-refractivity contribution >= 4 is 38.9 Å². The van der Waals surface area contributed by atoms with E-state index in [4.69, 9.17) is 4.74 Å². The van der Waals surface area contributed by atoms with Crippen molar-refractivity contribution in [2.24, 2.45) is 0 Å². The molecule has 0 saturated heterocycles. The Bertz CT molecular complexity index is 1830. The number of nitrogens with zero attached hydrogens (tertiary/aromatic N) is 2. The molecule has 0 spiro atoms. The summed E-state index contributed by atoms with van der Waals surface area (Å²) in [5.41, 5.74) is 7.65. The number of rotatable bonds is 6. The van der Waals surface area contributed by atoms with E-state index >= 15 is 0 Å². The number of ether oxygens (including phenoxy) is 1. The van der Waals surface area contributed by atoms with Gasteiger partial charge < -0.3 is 14.2 Å². The molecule has 0 fully saturated rings. The van der Waals surface area contributed by atoms with Gasteiger partial charge >= 0.3 is 0 Å². The van der Waals surface area contributed by atoms with Crippen LogP contribution in [0.5, 0.6) is 11.5 Å². The van der Waals surface area contributed by atoms with E-state index in [-0.39, 0.29) is 0 Å². The van der Waals surface area contributed by atoms with Gasteiger partial charge in [-0.15, -0.1) is 0 Å². The summed E-state index contributed by atoms with van der Waals surface area (Å²) < 4.78 is 8.94. The second kappa shape index (κ2) is 10.1. The molecule has 40 heavy (non-hydrogen) atoms. The summed E-state index contributed by atoms with van der Waals surface area (Å²) in [4.78, 5) is 2.31. The SMILES string of the molecule is Cc1c(Oc2ccccc2)cc(-n2c3ccccc3c3ccccc32)cc1N(c1ccccc1)c1ccccc1. The van der Waals surface area contributed by atoms with E-state index < -0.39 is 0 Å². The van der Waals surface area contributed by atoms with Crippen molar-refractivity contribution in [3.05, 3.63) is 157 Å². The van der Waals surface area contributed by atoms with Crippen molar-refractivity contribution in [2.75, 3.05) is 4.90 Å². The molecule has 0 unspecified atom stereocenters. The molecule has 0 atom stereocenters. The number of hydrogen-bond donors (Lipinski definition) is 0. The quantitative estimate of drug-likeness (QED) is 0.219. The number of fused-ring (bicyclic) bond motifs is 3. The average Bonchev–Trinajstić information content (AvgIpc) is 3.35. The van der Waals surface area contributed by atoms with Crippen molar-refractivity contribution < 1.29 is 4.74 Å². The normalized spacial score (nSPS) is 11.1. The average molecular weight is 517 g/mol. The molecule has 0 radical (unpaired) electrons. The zero-order valence-corrected chi connectivity index (χ0v) is 22.2. The van der Waals surface area contributed by atoms with Crippen LogP contribution in [0.25, 0.3) is 27.5 Å². The lowest BCUT2D eigenvalue weighted by molar-refractivity contribution is 0.479. The van der Waals surface area contributed by atoms with Crippen LogP contribution < -0.4 is 9.64 Å². The van der Waals surface area contributed by atoms with Crippen LogP contribution in [-0.4, -0.2) is 4.57 Å². The van der Waals surface area contributed by atoms with Gasteiger partial charge in [-0.05, 0) is 61.5 Å². The van der Waals surface area contributed by atoms with Crippen LogP contribution in [0, 0.1) is 6.92 Å². The van der Waals surface area contributed by atoms with Crippen LogP contribution in [0.2, 0.25) is 0 Å². The van der Waals surface area contributed by atoms with E-state index in [9.17, 15) is 0 Å². The Morgan fingerprint density at radius 2 is 1.00 bits per heavy atom. The molecule has 3 nitrogen and oxygen atoms in total. The van der Waals surface area contributed by atoms with Crippen LogP contribution in [-0.2, 0) is 0 Å². The minimum absolute atomic E-state index is 0.807. The summed E-state index contributed by atoms with van der Waals surface area (Å²) in [5.74, 6) is 1.62. The highest BCUT2D eigenvalue weighted by Crippen LogP contribution is 2.43. The van der Waals surface area contributed by atoms with Gasteiger partial charge in [0.05, 0.1) is 22.4 Å². The number of para-hydroxylation sites is 5. The lowest BCUT2D eigenvalue weighted by Gasteiger charge is -2.29. The van der Waals surface area contributed by atoms with Gasteiger partial charge in [0.2, 0.25) is 0 Å². The van der Waals surface area contributed by atoms with E-state index in [0.717, 1.165) is 50.8 Å². The number of anilines is 3. The van der Waals surface area contributed by atoms with E-state index in [0.29, 0.717) is 0 Å². The zero-order chi connectivity index (χ0) is 26.9. The summed E-state index contributed by atoms with van der Waals surface area (Å²) in [7, 11) is 0. The molecule has 0 aliphatic rings. The molecule has 1 heterocycles. The third kappa shape index (κ3) is 4.18. The summed E-state index contributed by atoms with van der Waals surface area (Å²) >= 11 is 0. The van der Waals surface area contributed by atoms with Crippen LogP contribution in [0.3, 0.4) is 0 Å². The lowest BCUT2D eigenvalue weighted by atomic mass is 10.1. The van der Waals surface area contributed by atoms with Crippen molar-refractivity contribution in [1.29, 1.82) is 0 Å². The monoisotopic (exact) mass is 516 g/mol. The molecule has 6 aromatic carbocycles. The van der Waals surface area contributed by atoms with Gasteiger partial charge in [-0.25, -0.2) is 0 Å². The predicted molar refractivity (Wildman–Crippen MR) is 167 cm³/mol. The van der Waals surface area contributed by atoms with E-state index in [1.165, 1.54) is 10.8 Å². The Kier molecular flexibility index (Phi) is 6.02. The van der Waals surface area contributed by atoms with Crippen LogP contribution >= 0.6 is 0 Å². The number of hydrogen-bond acceptors (Lipinski definition) is 2. The largest absolute Gasteiger partial charge is 0.457 e. The first-order valence-electron chi connectivity index (χ1n) is 13.5. The molecule has 7 aromatic rings. The minimum atomic E-state index is 0.807. The molecule has 192 valence electrons. The molecular formula is C37H28N2O. The summed E-state index contributed by atoms with van der Waals surface area (Å²) in [6, 6.07) is 52.7. The maximum Gasteiger partial charge on any atom is 0.134 e. The van der Waals surface area contributed by atoms with Crippen LogP contribution in [0.1, 0.15) is 5.56 Å². The molecule has 0 aliphatic carbocycles. The smallest absolute Gasteiger partial charge is 0.134 e. The van der Waals surface area contributed by atoms with Gasteiger partial charge in [-0.3, -0.25) is 0 Å². The van der Waals surface area contributed by atoms with Crippen molar-refractivity contribution in [3.8, 4) is 17.2 Å². The zero-order valence-electron chi connectivity index (χ0n) is 22.2. The second-order valence-electron chi connectivity index (χ2n) is 9.88. The second-order valence-corrected chi connectivity index (χ2v) is 9.88. The Balaban J connectivity index is 1.54. The Hall–Kier alpha value is -5.28. The first kappa shape index (κ1) is 23.8. The highest BCUT2D eigenvalue weighted by Gasteiger charge is 2.21. The lowest BCUT2D eigenvalue weighted by Crippen LogP contribution is -2.12. The fourth-order valence-corrected chi connectivity index (χ4v) is 5.52. The Morgan fingerprint density at radius 1 is 0.525 bits per heavy atom. The summed E-state index contributed by atoms with van der Waals surface area (Å²) in [5, 5.41) is 2.46. The molecule has 7 rings (SSSR count). The predicted octanol–water partition coefficient (Wildman–Crippen LogP) is 10.4. The summed E-state index contributed by atoms with van der Waals surface area (Å²) in [6.45, 7) is 2.14. The highest BCUT2D eigenvalue weighted by molar-refractivity contribution is 6.09. The van der Waals surface area contributed by atoms with Crippen molar-refractivity contribution in [1.82, 2.24) is 4.57 Å².